The molecule has 2 aromatic rings. The fraction of sp³-hybridized carbons (Fsp3) is 0.536. The minimum absolute atomic E-state index is 0.111. The molecule has 0 unspecified atom stereocenters. The fourth-order valence-corrected chi connectivity index (χ4v) is 5.54. The van der Waals surface area contributed by atoms with Gasteiger partial charge in [-0.1, -0.05) is 39.5 Å². The quantitative estimate of drug-likeness (QED) is 0.445. The lowest BCUT2D eigenvalue weighted by Gasteiger charge is -2.36. The maximum absolute atomic E-state index is 14.4. The lowest BCUT2D eigenvalue weighted by Crippen LogP contribution is -2.57. The largest absolute Gasteiger partial charge is 0.496 e. The molecule has 4 rings (SSSR count). The zero-order chi connectivity index (χ0) is 27.8. The molecule has 1 aromatic heterocycles. The highest BCUT2D eigenvalue weighted by Gasteiger charge is 2.53. The Morgan fingerprint density at radius 3 is 2.66 bits per heavy atom. The molecule has 3 atom stereocenters. The van der Waals surface area contributed by atoms with Crippen LogP contribution in [-0.4, -0.2) is 64.3 Å². The zero-order valence-corrected chi connectivity index (χ0v) is 23.5. The summed E-state index contributed by atoms with van der Waals surface area (Å²) in [5.41, 5.74) is 2.75. The van der Waals surface area contributed by atoms with E-state index in [-0.39, 0.29) is 25.3 Å². The number of halogens is 1. The Bertz CT molecular complexity index is 1220. The maximum atomic E-state index is 14.4. The van der Waals surface area contributed by atoms with Crippen LogP contribution in [0.1, 0.15) is 51.3 Å². The molecule has 1 saturated carbocycles. The molecule has 0 spiro atoms. The van der Waals surface area contributed by atoms with Crippen LogP contribution < -0.4 is 15.4 Å². The Balaban J connectivity index is 1.47. The topological polar surface area (TPSA) is 104 Å². The fourth-order valence-electron chi connectivity index (χ4n) is 4.74. The monoisotopic (exact) mass is 544 g/mol. The van der Waals surface area contributed by atoms with Crippen LogP contribution in [-0.2, 0) is 16.1 Å². The third-order valence-electron chi connectivity index (χ3n) is 7.25. The van der Waals surface area contributed by atoms with Gasteiger partial charge in [0.05, 0.1) is 35.3 Å². The van der Waals surface area contributed by atoms with E-state index in [9.17, 15) is 19.1 Å². The van der Waals surface area contributed by atoms with Gasteiger partial charge in [0.25, 0.3) is 5.91 Å². The van der Waals surface area contributed by atoms with Crippen molar-refractivity contribution < 1.29 is 23.8 Å². The molecule has 206 valence electrons. The maximum Gasteiger partial charge on any atom is 0.258 e. The number of hydrogen-bond donors (Lipinski definition) is 3. The number of methoxy groups -OCH3 is 1. The second-order valence-electron chi connectivity index (χ2n) is 11.3. The number of thiazole rings is 1. The summed E-state index contributed by atoms with van der Waals surface area (Å²) >= 11 is 1.57. The zero-order valence-electron chi connectivity index (χ0n) is 22.6. The molecule has 8 nitrogen and oxygen atoms in total. The van der Waals surface area contributed by atoms with Crippen LogP contribution in [0.2, 0.25) is 0 Å². The number of aliphatic hydroxyl groups is 1. The number of carbonyl (C=O) groups excluding carboxylic acids is 2. The first-order valence-electron chi connectivity index (χ1n) is 12.8. The predicted molar refractivity (Wildman–Crippen MR) is 145 cm³/mol. The molecule has 1 aliphatic carbocycles. The first-order valence-corrected chi connectivity index (χ1v) is 13.7. The molecule has 0 radical (unpaired) electrons. The van der Waals surface area contributed by atoms with Gasteiger partial charge in [0, 0.05) is 30.8 Å². The molecule has 0 bridgehead atoms. The highest BCUT2D eigenvalue weighted by molar-refractivity contribution is 7.13. The molecule has 1 aromatic carbocycles. The van der Waals surface area contributed by atoms with Gasteiger partial charge in [0.1, 0.15) is 11.8 Å². The molecule has 38 heavy (non-hydrogen) atoms. The van der Waals surface area contributed by atoms with E-state index in [1.54, 1.807) is 23.3 Å². The summed E-state index contributed by atoms with van der Waals surface area (Å²) < 4.78 is 20.0. The van der Waals surface area contributed by atoms with Gasteiger partial charge in [-0.3, -0.25) is 9.59 Å². The standard InChI is InChI=1S/C28H37FN4O4S/c1-16(30-13-19-8-7-18(11-22(19)37-6)23-17(2)31-15-38-23)21-12-20(34)14-33(21)25(35)24(27(3,4)5)32-26(36)28(29)9-10-28/h7-8,11,15,20-21,24,30,34H,1,9-10,12-14H2,2-6H3,(H,32,36)/t20-,21+,24-/m1/s1. The van der Waals surface area contributed by atoms with Gasteiger partial charge in [0.15, 0.2) is 5.67 Å². The average Bonchev–Trinajstić information content (AvgIpc) is 3.28. The van der Waals surface area contributed by atoms with E-state index in [1.807, 2.05) is 51.4 Å². The number of amides is 2. The molecule has 10 heteroatoms. The second kappa shape index (κ2) is 10.6. The molecular formula is C28H37FN4O4S. The lowest BCUT2D eigenvalue weighted by atomic mass is 9.85. The van der Waals surface area contributed by atoms with Gasteiger partial charge in [-0.05, 0) is 36.8 Å². The van der Waals surface area contributed by atoms with Gasteiger partial charge in [-0.2, -0.15) is 0 Å². The lowest BCUT2D eigenvalue weighted by molar-refractivity contribution is -0.141. The molecule has 1 aliphatic heterocycles. The van der Waals surface area contributed by atoms with Crippen molar-refractivity contribution in [2.45, 2.75) is 77.4 Å². The van der Waals surface area contributed by atoms with Crippen molar-refractivity contribution in [3.8, 4) is 16.2 Å². The SMILES string of the molecule is C=C(NCc1ccc(-c2scnc2C)cc1OC)[C@@H]1C[C@@H](O)CN1C(=O)[C@@H](NC(=O)C1(F)CC1)C(C)(C)C. The molecule has 1 saturated heterocycles. The van der Waals surface area contributed by atoms with Crippen molar-refractivity contribution >= 4 is 23.2 Å². The highest BCUT2D eigenvalue weighted by atomic mass is 32.1. The Hall–Kier alpha value is -2.98. The van der Waals surface area contributed by atoms with Crippen molar-refractivity contribution in [3.63, 3.8) is 0 Å². The van der Waals surface area contributed by atoms with Crippen LogP contribution in [0, 0.1) is 12.3 Å². The number of β-amino-alcohol motifs (C(OH)–C–C–N with tert-alkyl or cyclic N) is 1. The van der Waals surface area contributed by atoms with Gasteiger partial charge < -0.3 is 25.4 Å². The molecule has 2 heterocycles. The van der Waals surface area contributed by atoms with Crippen LogP contribution in [0.3, 0.4) is 0 Å². The average molecular weight is 545 g/mol. The molecule has 2 fully saturated rings. The van der Waals surface area contributed by atoms with Gasteiger partial charge in [-0.25, -0.2) is 9.37 Å². The number of carbonyl (C=O) groups is 2. The third kappa shape index (κ3) is 5.86. The number of nitrogens with zero attached hydrogens (tertiary/aromatic N) is 2. The number of aryl methyl sites for hydroxylation is 1. The van der Waals surface area contributed by atoms with Gasteiger partial charge in [0.2, 0.25) is 5.91 Å². The van der Waals surface area contributed by atoms with E-state index in [0.29, 0.717) is 24.4 Å². The highest BCUT2D eigenvalue weighted by Crippen LogP contribution is 2.40. The number of rotatable bonds is 9. The summed E-state index contributed by atoms with van der Waals surface area (Å²) in [6, 6.07) is 4.56. The minimum Gasteiger partial charge on any atom is -0.496 e. The van der Waals surface area contributed by atoms with E-state index < -0.39 is 35.2 Å². The summed E-state index contributed by atoms with van der Waals surface area (Å²) in [4.78, 5) is 33.1. The van der Waals surface area contributed by atoms with Crippen LogP contribution >= 0.6 is 11.3 Å². The number of benzene rings is 1. The Labute approximate surface area is 227 Å². The van der Waals surface area contributed by atoms with Crippen LogP contribution in [0.15, 0.2) is 36.0 Å². The summed E-state index contributed by atoms with van der Waals surface area (Å²) in [7, 11) is 1.62. The van der Waals surface area contributed by atoms with Crippen molar-refractivity contribution in [1.29, 1.82) is 0 Å². The first kappa shape index (κ1) is 28.0. The van der Waals surface area contributed by atoms with Crippen molar-refractivity contribution in [2.75, 3.05) is 13.7 Å². The Morgan fingerprint density at radius 2 is 2.08 bits per heavy atom. The van der Waals surface area contributed by atoms with E-state index in [2.05, 4.69) is 22.2 Å². The minimum atomic E-state index is -1.88. The second-order valence-corrected chi connectivity index (χ2v) is 12.2. The number of alkyl halides is 1. The summed E-state index contributed by atoms with van der Waals surface area (Å²) in [5, 5.41) is 16.4. The number of aromatic nitrogens is 1. The number of nitrogens with one attached hydrogen (secondary N) is 2. The van der Waals surface area contributed by atoms with Crippen LogP contribution in [0.5, 0.6) is 5.75 Å². The number of likely N-dealkylation sites (tertiary alicyclic amines) is 1. The van der Waals surface area contributed by atoms with Gasteiger partial charge >= 0.3 is 0 Å². The number of aliphatic hydroxyl groups excluding tert-OH is 1. The molecular weight excluding hydrogens is 507 g/mol. The van der Waals surface area contributed by atoms with Crippen molar-refractivity contribution in [1.82, 2.24) is 20.5 Å². The first-order chi connectivity index (χ1) is 17.8. The van der Waals surface area contributed by atoms with E-state index in [4.69, 9.17) is 4.74 Å². The third-order valence-corrected chi connectivity index (χ3v) is 8.23. The normalized spacial score (nSPS) is 21.1. The summed E-state index contributed by atoms with van der Waals surface area (Å²) in [5.74, 6) is -0.393. The Morgan fingerprint density at radius 1 is 1.37 bits per heavy atom. The molecule has 2 aliphatic rings. The van der Waals surface area contributed by atoms with E-state index in [1.165, 1.54) is 0 Å². The van der Waals surface area contributed by atoms with Crippen LogP contribution in [0.25, 0.3) is 10.4 Å². The van der Waals surface area contributed by atoms with E-state index >= 15 is 0 Å². The van der Waals surface area contributed by atoms with E-state index in [0.717, 1.165) is 21.7 Å². The van der Waals surface area contributed by atoms with Crippen molar-refractivity contribution in [3.05, 3.63) is 47.2 Å². The van der Waals surface area contributed by atoms with Crippen LogP contribution in [0.4, 0.5) is 4.39 Å². The van der Waals surface area contributed by atoms with Crippen molar-refractivity contribution in [2.24, 2.45) is 5.41 Å². The summed E-state index contributed by atoms with van der Waals surface area (Å²) in [6.07, 6.45) is -0.0736. The smallest absolute Gasteiger partial charge is 0.258 e. The number of ether oxygens (including phenoxy) is 1. The number of hydrogen-bond acceptors (Lipinski definition) is 7. The summed E-state index contributed by atoms with van der Waals surface area (Å²) in [6.45, 7) is 12.1. The molecule has 3 N–H and O–H groups in total. The molecule has 2 amide bonds. The van der Waals surface area contributed by atoms with Gasteiger partial charge in [-0.15, -0.1) is 11.3 Å². The predicted octanol–water partition coefficient (Wildman–Crippen LogP) is 3.73. The Kier molecular flexibility index (Phi) is 7.86.